The van der Waals surface area contributed by atoms with Crippen molar-refractivity contribution in [3.05, 3.63) is 72.6 Å². The second-order valence-corrected chi connectivity index (χ2v) is 5.57. The molecule has 0 aliphatic rings. The Morgan fingerprint density at radius 3 is 2.27 bits per heavy atom. The standard InChI is InChI=1S/C14H13Se/c1-12-7-5-6-8-13(12)11-15-14-9-3-2-4-10-14/h2-10H,1,11H2. The van der Waals surface area contributed by atoms with Gasteiger partial charge < -0.3 is 0 Å². The summed E-state index contributed by atoms with van der Waals surface area (Å²) < 4.78 is 1.45. The second kappa shape index (κ2) is 5.16. The number of rotatable bonds is 3. The number of hydrogen-bond acceptors (Lipinski definition) is 0. The van der Waals surface area contributed by atoms with Gasteiger partial charge in [-0.05, 0) is 0 Å². The van der Waals surface area contributed by atoms with Crippen LogP contribution < -0.4 is 4.46 Å². The van der Waals surface area contributed by atoms with Crippen LogP contribution in [0.3, 0.4) is 0 Å². The zero-order valence-electron chi connectivity index (χ0n) is 8.52. The van der Waals surface area contributed by atoms with Crippen LogP contribution in [0, 0.1) is 6.92 Å². The van der Waals surface area contributed by atoms with Crippen LogP contribution in [0.5, 0.6) is 0 Å². The third kappa shape index (κ3) is 2.95. The molecule has 0 saturated heterocycles. The van der Waals surface area contributed by atoms with E-state index in [0.717, 1.165) is 10.9 Å². The first-order valence-electron chi connectivity index (χ1n) is 4.94. The Hall–Kier alpha value is -1.04. The molecule has 0 heterocycles. The second-order valence-electron chi connectivity index (χ2n) is 3.37. The van der Waals surface area contributed by atoms with Crippen molar-refractivity contribution < 1.29 is 0 Å². The van der Waals surface area contributed by atoms with Crippen molar-refractivity contribution in [3.63, 3.8) is 0 Å². The van der Waals surface area contributed by atoms with Gasteiger partial charge in [-0.1, -0.05) is 0 Å². The van der Waals surface area contributed by atoms with Crippen LogP contribution in [0.1, 0.15) is 11.1 Å². The van der Waals surface area contributed by atoms with E-state index in [4.69, 9.17) is 0 Å². The molecule has 0 aliphatic heterocycles. The van der Waals surface area contributed by atoms with Crippen LogP contribution in [0.2, 0.25) is 0 Å². The van der Waals surface area contributed by atoms with E-state index in [1.54, 1.807) is 0 Å². The zero-order valence-corrected chi connectivity index (χ0v) is 10.2. The van der Waals surface area contributed by atoms with Gasteiger partial charge in [0.15, 0.2) is 0 Å². The molecule has 0 aliphatic carbocycles. The molecule has 2 aromatic carbocycles. The molecule has 75 valence electrons. The molecule has 0 nitrogen and oxygen atoms in total. The van der Waals surface area contributed by atoms with Gasteiger partial charge in [-0.3, -0.25) is 0 Å². The van der Waals surface area contributed by atoms with E-state index in [-0.39, 0.29) is 0 Å². The van der Waals surface area contributed by atoms with Gasteiger partial charge in [-0.25, -0.2) is 0 Å². The Bertz CT molecular complexity index is 420. The van der Waals surface area contributed by atoms with Crippen LogP contribution in [0.25, 0.3) is 0 Å². The Kier molecular flexibility index (Phi) is 3.60. The summed E-state index contributed by atoms with van der Waals surface area (Å²) in [6.45, 7) is 4.04. The Balaban J connectivity index is 2.03. The average Bonchev–Trinajstić information content (AvgIpc) is 2.29. The normalized spacial score (nSPS) is 10.2. The molecule has 0 saturated carbocycles. The molecule has 0 N–H and O–H groups in total. The van der Waals surface area contributed by atoms with Gasteiger partial charge in [-0.2, -0.15) is 0 Å². The molecule has 0 fully saturated rings. The minimum absolute atomic E-state index is 0.523. The summed E-state index contributed by atoms with van der Waals surface area (Å²) in [4.78, 5) is 0. The number of benzene rings is 2. The molecule has 0 aromatic heterocycles. The van der Waals surface area contributed by atoms with Crippen molar-refractivity contribution in [1.82, 2.24) is 0 Å². The zero-order chi connectivity index (χ0) is 10.5. The van der Waals surface area contributed by atoms with E-state index >= 15 is 0 Å². The predicted octanol–water partition coefficient (Wildman–Crippen LogP) is 2.40. The molecule has 15 heavy (non-hydrogen) atoms. The molecule has 0 unspecified atom stereocenters. The molecular formula is C14H13Se. The van der Waals surface area contributed by atoms with Crippen LogP contribution in [0.4, 0.5) is 0 Å². The van der Waals surface area contributed by atoms with E-state index in [9.17, 15) is 0 Å². The SMILES string of the molecule is [CH2]c1ccccc1C[Se]c1ccccc1. The fourth-order valence-electron chi connectivity index (χ4n) is 1.38. The molecule has 2 rings (SSSR count). The first-order valence-corrected chi connectivity index (χ1v) is 7.01. The van der Waals surface area contributed by atoms with Crippen LogP contribution in [-0.2, 0) is 5.32 Å². The first kappa shape index (κ1) is 10.5. The monoisotopic (exact) mass is 261 g/mol. The maximum absolute atomic E-state index is 4.04. The van der Waals surface area contributed by atoms with E-state index in [0.29, 0.717) is 15.0 Å². The van der Waals surface area contributed by atoms with Crippen LogP contribution >= 0.6 is 0 Å². The van der Waals surface area contributed by atoms with Gasteiger partial charge >= 0.3 is 97.4 Å². The molecular weight excluding hydrogens is 247 g/mol. The topological polar surface area (TPSA) is 0 Å². The summed E-state index contributed by atoms with van der Waals surface area (Å²) in [5.74, 6) is 0. The van der Waals surface area contributed by atoms with Crippen LogP contribution in [-0.4, -0.2) is 15.0 Å². The quantitative estimate of drug-likeness (QED) is 0.743. The van der Waals surface area contributed by atoms with Crippen molar-refractivity contribution >= 4 is 19.4 Å². The minimum atomic E-state index is 0.523. The average molecular weight is 260 g/mol. The Morgan fingerprint density at radius 1 is 0.867 bits per heavy atom. The Morgan fingerprint density at radius 2 is 1.53 bits per heavy atom. The molecule has 2 aromatic rings. The summed E-state index contributed by atoms with van der Waals surface area (Å²) >= 11 is 0.523. The van der Waals surface area contributed by atoms with Crippen molar-refractivity contribution in [1.29, 1.82) is 0 Å². The molecule has 0 spiro atoms. The fraction of sp³-hybridized carbons (Fsp3) is 0.0714. The summed E-state index contributed by atoms with van der Waals surface area (Å²) in [7, 11) is 0. The molecule has 1 radical (unpaired) electrons. The van der Waals surface area contributed by atoms with Gasteiger partial charge in [0.1, 0.15) is 0 Å². The summed E-state index contributed by atoms with van der Waals surface area (Å²) in [5.41, 5.74) is 2.54. The van der Waals surface area contributed by atoms with E-state index in [1.807, 2.05) is 6.07 Å². The predicted molar refractivity (Wildman–Crippen MR) is 66.4 cm³/mol. The van der Waals surface area contributed by atoms with E-state index in [2.05, 4.69) is 55.5 Å². The summed E-state index contributed by atoms with van der Waals surface area (Å²) in [6, 6.07) is 19.1. The summed E-state index contributed by atoms with van der Waals surface area (Å²) in [5, 5.41) is 1.14. The van der Waals surface area contributed by atoms with E-state index in [1.165, 1.54) is 10.0 Å². The third-order valence-electron chi connectivity index (χ3n) is 2.26. The fourth-order valence-corrected chi connectivity index (χ4v) is 3.38. The van der Waals surface area contributed by atoms with Gasteiger partial charge in [0.25, 0.3) is 0 Å². The molecule has 1 heteroatoms. The summed E-state index contributed by atoms with van der Waals surface area (Å²) in [6.07, 6.45) is 0. The maximum atomic E-state index is 4.04. The van der Waals surface area contributed by atoms with Gasteiger partial charge in [0.05, 0.1) is 0 Å². The van der Waals surface area contributed by atoms with Gasteiger partial charge in [0.2, 0.25) is 0 Å². The molecule has 0 atom stereocenters. The molecule has 0 amide bonds. The third-order valence-corrected chi connectivity index (χ3v) is 4.48. The van der Waals surface area contributed by atoms with Crippen molar-refractivity contribution in [2.24, 2.45) is 0 Å². The number of hydrogen-bond donors (Lipinski definition) is 0. The molecule has 0 bridgehead atoms. The van der Waals surface area contributed by atoms with Crippen LogP contribution in [0.15, 0.2) is 54.6 Å². The van der Waals surface area contributed by atoms with Gasteiger partial charge in [0, 0.05) is 0 Å². The first-order chi connectivity index (χ1) is 7.36. The van der Waals surface area contributed by atoms with E-state index < -0.39 is 0 Å². The van der Waals surface area contributed by atoms with Crippen molar-refractivity contribution in [2.45, 2.75) is 5.32 Å². The van der Waals surface area contributed by atoms with Gasteiger partial charge in [-0.15, -0.1) is 0 Å². The van der Waals surface area contributed by atoms with Crippen molar-refractivity contribution in [3.8, 4) is 0 Å². The Labute approximate surface area is 97.5 Å². The van der Waals surface area contributed by atoms with Crippen molar-refractivity contribution in [2.75, 3.05) is 0 Å².